The fourth-order valence-electron chi connectivity index (χ4n) is 1.46. The van der Waals surface area contributed by atoms with Crippen LogP contribution in [0.3, 0.4) is 0 Å². The van der Waals surface area contributed by atoms with Gasteiger partial charge < -0.3 is 0 Å². The van der Waals surface area contributed by atoms with Gasteiger partial charge in [-0.3, -0.25) is 0 Å². The lowest BCUT2D eigenvalue weighted by atomic mass is 9.97. The maximum absolute atomic E-state index is 12.5. The van der Waals surface area contributed by atoms with E-state index >= 15 is 0 Å². The zero-order valence-corrected chi connectivity index (χ0v) is 9.50. The molecule has 0 heterocycles. The van der Waals surface area contributed by atoms with Crippen molar-refractivity contribution in [1.29, 1.82) is 0 Å². The predicted molar refractivity (Wildman–Crippen MR) is 55.3 cm³/mol. The summed E-state index contributed by atoms with van der Waals surface area (Å²) in [6.07, 6.45) is -4.33. The Labute approximate surface area is 92.1 Å². The third kappa shape index (κ3) is 2.46. The van der Waals surface area contributed by atoms with Gasteiger partial charge in [0, 0.05) is 5.02 Å². The van der Waals surface area contributed by atoms with Gasteiger partial charge in [0.25, 0.3) is 0 Å². The zero-order valence-electron chi connectivity index (χ0n) is 8.74. The number of hydrogen-bond donors (Lipinski definition) is 0. The minimum absolute atomic E-state index is 0.107. The molecule has 0 N–H and O–H groups in total. The van der Waals surface area contributed by atoms with Crippen molar-refractivity contribution in [3.8, 4) is 0 Å². The van der Waals surface area contributed by atoms with Crippen LogP contribution in [-0.2, 0) is 6.18 Å². The van der Waals surface area contributed by atoms with E-state index in [2.05, 4.69) is 0 Å². The van der Waals surface area contributed by atoms with E-state index in [1.54, 1.807) is 0 Å². The van der Waals surface area contributed by atoms with Gasteiger partial charge in [0.2, 0.25) is 0 Å². The van der Waals surface area contributed by atoms with Crippen molar-refractivity contribution in [2.45, 2.75) is 32.9 Å². The molecule has 0 saturated carbocycles. The summed E-state index contributed by atoms with van der Waals surface area (Å²) in [5.41, 5.74) is 0.203. The lowest BCUT2D eigenvalue weighted by Gasteiger charge is -2.15. The molecule has 15 heavy (non-hydrogen) atoms. The van der Waals surface area contributed by atoms with Crippen molar-refractivity contribution in [3.05, 3.63) is 33.8 Å². The molecule has 0 aliphatic carbocycles. The summed E-state index contributed by atoms with van der Waals surface area (Å²) in [5, 5.41) is 0.222. The predicted octanol–water partition coefficient (Wildman–Crippen LogP) is 4.79. The lowest BCUT2D eigenvalue weighted by molar-refractivity contribution is -0.138. The van der Waals surface area contributed by atoms with Gasteiger partial charge >= 0.3 is 6.18 Å². The Morgan fingerprint density at radius 1 is 1.20 bits per heavy atom. The lowest BCUT2D eigenvalue weighted by Crippen LogP contribution is -2.08. The van der Waals surface area contributed by atoms with E-state index in [1.807, 2.05) is 13.8 Å². The molecule has 0 unspecified atom stereocenters. The number of hydrogen-bond acceptors (Lipinski definition) is 0. The van der Waals surface area contributed by atoms with Crippen LogP contribution < -0.4 is 0 Å². The molecule has 0 radical (unpaired) electrons. The molecular formula is C11H12ClF3. The Morgan fingerprint density at radius 2 is 1.73 bits per heavy atom. The van der Waals surface area contributed by atoms with E-state index in [0.29, 0.717) is 0 Å². The molecule has 0 amide bonds. The van der Waals surface area contributed by atoms with E-state index < -0.39 is 11.7 Å². The second-order valence-electron chi connectivity index (χ2n) is 3.79. The summed E-state index contributed by atoms with van der Waals surface area (Å²) < 4.78 is 37.5. The molecule has 1 aromatic rings. The normalized spacial score (nSPS) is 12.3. The first-order chi connectivity index (χ1) is 6.75. The number of rotatable bonds is 1. The Morgan fingerprint density at radius 3 is 2.13 bits per heavy atom. The third-order valence-corrected chi connectivity index (χ3v) is 2.85. The second-order valence-corrected chi connectivity index (χ2v) is 4.17. The molecule has 0 fully saturated rings. The molecule has 4 heteroatoms. The first-order valence-electron chi connectivity index (χ1n) is 4.61. The molecule has 0 aliphatic rings. The van der Waals surface area contributed by atoms with E-state index in [1.165, 1.54) is 13.0 Å². The van der Waals surface area contributed by atoms with Crippen LogP contribution in [0.15, 0.2) is 12.1 Å². The quantitative estimate of drug-likeness (QED) is 0.658. The minimum atomic E-state index is -4.33. The zero-order chi connectivity index (χ0) is 11.8. The molecule has 1 rings (SSSR count). The molecule has 0 saturated heterocycles. The number of alkyl halides is 3. The highest BCUT2D eigenvalue weighted by atomic mass is 35.5. The molecule has 0 aromatic heterocycles. The fraction of sp³-hybridized carbons (Fsp3) is 0.455. The summed E-state index contributed by atoms with van der Waals surface area (Å²) in [4.78, 5) is 0. The number of halogens is 4. The van der Waals surface area contributed by atoms with E-state index in [4.69, 9.17) is 11.6 Å². The van der Waals surface area contributed by atoms with Gasteiger partial charge in [0.15, 0.2) is 0 Å². The van der Waals surface area contributed by atoms with Crippen molar-refractivity contribution in [2.75, 3.05) is 0 Å². The molecule has 84 valence electrons. The smallest absolute Gasteiger partial charge is 0.166 e. The molecule has 0 atom stereocenters. The van der Waals surface area contributed by atoms with Crippen LogP contribution in [0.1, 0.15) is 36.5 Å². The maximum Gasteiger partial charge on any atom is 0.416 e. The van der Waals surface area contributed by atoms with Crippen LogP contribution in [0.2, 0.25) is 5.02 Å². The summed E-state index contributed by atoms with van der Waals surface area (Å²) in [6, 6.07) is 2.54. The first-order valence-corrected chi connectivity index (χ1v) is 4.99. The van der Waals surface area contributed by atoms with Crippen molar-refractivity contribution in [3.63, 3.8) is 0 Å². The molecule has 1 aromatic carbocycles. The molecule has 0 nitrogen and oxygen atoms in total. The van der Waals surface area contributed by atoms with Crippen LogP contribution in [-0.4, -0.2) is 0 Å². The van der Waals surface area contributed by atoms with Crippen molar-refractivity contribution < 1.29 is 13.2 Å². The average Bonchev–Trinajstić information content (AvgIpc) is 2.06. The van der Waals surface area contributed by atoms with Crippen LogP contribution >= 0.6 is 11.6 Å². The Balaban J connectivity index is 3.34. The molecule has 0 spiro atoms. The van der Waals surface area contributed by atoms with E-state index in [9.17, 15) is 13.2 Å². The Hall–Kier alpha value is -0.700. The number of benzene rings is 1. The van der Waals surface area contributed by atoms with E-state index in [-0.39, 0.29) is 16.5 Å². The summed E-state index contributed by atoms with van der Waals surface area (Å²) in [7, 11) is 0. The third-order valence-electron chi connectivity index (χ3n) is 2.34. The largest absolute Gasteiger partial charge is 0.416 e. The topological polar surface area (TPSA) is 0 Å². The van der Waals surface area contributed by atoms with Gasteiger partial charge in [-0.1, -0.05) is 31.5 Å². The maximum atomic E-state index is 12.5. The van der Waals surface area contributed by atoms with Crippen LogP contribution in [0.4, 0.5) is 13.2 Å². The Bertz CT molecular complexity index is 367. The van der Waals surface area contributed by atoms with Gasteiger partial charge in [-0.25, -0.2) is 0 Å². The Kier molecular flexibility index (Phi) is 3.34. The standard InChI is InChI=1S/C11H12ClF3/c1-6(2)8-4-5-9(11(13,14)15)7(3)10(8)12/h4-6H,1-3H3. The highest BCUT2D eigenvalue weighted by Crippen LogP contribution is 2.37. The van der Waals surface area contributed by atoms with Crippen LogP contribution in [0.25, 0.3) is 0 Å². The van der Waals surface area contributed by atoms with Crippen LogP contribution in [0.5, 0.6) is 0 Å². The van der Waals surface area contributed by atoms with Gasteiger partial charge in [0.05, 0.1) is 5.56 Å². The van der Waals surface area contributed by atoms with Gasteiger partial charge in [-0.15, -0.1) is 0 Å². The van der Waals surface area contributed by atoms with Crippen molar-refractivity contribution in [1.82, 2.24) is 0 Å². The minimum Gasteiger partial charge on any atom is -0.166 e. The SMILES string of the molecule is Cc1c(C(F)(F)F)ccc(C(C)C)c1Cl. The summed E-state index contributed by atoms with van der Waals surface area (Å²) in [5.74, 6) is 0.124. The van der Waals surface area contributed by atoms with Gasteiger partial charge in [-0.05, 0) is 30.0 Å². The van der Waals surface area contributed by atoms with Crippen molar-refractivity contribution in [2.24, 2.45) is 0 Å². The molecule has 0 bridgehead atoms. The molecule has 0 aliphatic heterocycles. The summed E-state index contributed by atoms with van der Waals surface area (Å²) in [6.45, 7) is 5.19. The highest BCUT2D eigenvalue weighted by Gasteiger charge is 2.33. The monoisotopic (exact) mass is 236 g/mol. The van der Waals surface area contributed by atoms with Gasteiger partial charge in [-0.2, -0.15) is 13.2 Å². The van der Waals surface area contributed by atoms with E-state index in [0.717, 1.165) is 11.6 Å². The van der Waals surface area contributed by atoms with Crippen LogP contribution in [0, 0.1) is 6.92 Å². The fourth-order valence-corrected chi connectivity index (χ4v) is 1.84. The second kappa shape index (κ2) is 4.05. The summed E-state index contributed by atoms with van der Waals surface area (Å²) >= 11 is 5.90. The first kappa shape index (κ1) is 12.4. The van der Waals surface area contributed by atoms with Crippen molar-refractivity contribution >= 4 is 11.6 Å². The molecular weight excluding hydrogens is 225 g/mol. The average molecular weight is 237 g/mol. The van der Waals surface area contributed by atoms with Gasteiger partial charge in [0.1, 0.15) is 0 Å². The highest BCUT2D eigenvalue weighted by molar-refractivity contribution is 6.32.